The first kappa shape index (κ1) is 15.7. The molecule has 0 saturated carbocycles. The molecule has 4 nitrogen and oxygen atoms in total. The Morgan fingerprint density at radius 2 is 2.09 bits per heavy atom. The largest absolute Gasteiger partial charge is 0.352 e. The molecule has 0 bridgehead atoms. The van der Waals surface area contributed by atoms with Gasteiger partial charge in [0.1, 0.15) is 5.82 Å². The van der Waals surface area contributed by atoms with E-state index < -0.39 is 5.92 Å². The lowest BCUT2D eigenvalue weighted by Crippen LogP contribution is -2.33. The number of benzene rings is 1. The minimum Gasteiger partial charge on any atom is -0.352 e. The predicted octanol–water partition coefficient (Wildman–Crippen LogP) is 2.72. The Labute approximate surface area is 137 Å². The fourth-order valence-corrected chi connectivity index (χ4v) is 3.81. The summed E-state index contributed by atoms with van der Waals surface area (Å²) in [5.41, 5.74) is 0.824. The van der Waals surface area contributed by atoms with Crippen molar-refractivity contribution in [1.29, 1.82) is 0 Å². The highest BCUT2D eigenvalue weighted by Gasteiger charge is 2.43. The van der Waals surface area contributed by atoms with Gasteiger partial charge in [-0.25, -0.2) is 4.39 Å². The van der Waals surface area contributed by atoms with Crippen LogP contribution in [0.5, 0.6) is 0 Å². The molecular weight excluding hydrogens is 315 g/mol. The Morgan fingerprint density at radius 3 is 2.74 bits per heavy atom. The van der Waals surface area contributed by atoms with Crippen LogP contribution in [0.3, 0.4) is 0 Å². The van der Waals surface area contributed by atoms with Gasteiger partial charge in [-0.2, -0.15) is 0 Å². The highest BCUT2D eigenvalue weighted by molar-refractivity contribution is 7.10. The fourth-order valence-electron chi connectivity index (χ4n) is 2.88. The summed E-state index contributed by atoms with van der Waals surface area (Å²) in [7, 11) is 1.74. The van der Waals surface area contributed by atoms with Crippen molar-refractivity contribution in [2.75, 3.05) is 7.05 Å². The quantitative estimate of drug-likeness (QED) is 0.936. The molecule has 1 aromatic carbocycles. The smallest absolute Gasteiger partial charge is 0.226 e. The van der Waals surface area contributed by atoms with Gasteiger partial charge in [-0.1, -0.05) is 18.2 Å². The fraction of sp³-hybridized carbons (Fsp3) is 0.294. The molecule has 1 aromatic heterocycles. The Bertz CT molecular complexity index is 700. The van der Waals surface area contributed by atoms with Crippen molar-refractivity contribution >= 4 is 23.2 Å². The summed E-state index contributed by atoms with van der Waals surface area (Å²) >= 11 is 1.55. The van der Waals surface area contributed by atoms with E-state index in [-0.39, 0.29) is 30.1 Å². The van der Waals surface area contributed by atoms with Gasteiger partial charge in [0, 0.05) is 24.9 Å². The van der Waals surface area contributed by atoms with Crippen LogP contribution in [-0.2, 0) is 16.1 Å². The first-order valence-corrected chi connectivity index (χ1v) is 8.25. The normalized spacial score (nSPS) is 20.8. The molecule has 2 atom stereocenters. The predicted molar refractivity (Wildman–Crippen MR) is 86.2 cm³/mol. The molecule has 23 heavy (non-hydrogen) atoms. The van der Waals surface area contributed by atoms with E-state index in [1.54, 1.807) is 35.4 Å². The lowest BCUT2D eigenvalue weighted by atomic mass is 9.98. The van der Waals surface area contributed by atoms with E-state index in [1.165, 1.54) is 12.1 Å². The van der Waals surface area contributed by atoms with Gasteiger partial charge in [0.2, 0.25) is 11.8 Å². The number of thiophene rings is 1. The van der Waals surface area contributed by atoms with Gasteiger partial charge in [0.15, 0.2) is 0 Å². The van der Waals surface area contributed by atoms with E-state index in [0.29, 0.717) is 6.54 Å². The zero-order valence-electron chi connectivity index (χ0n) is 12.7. The second kappa shape index (κ2) is 6.50. The number of carbonyl (C=O) groups is 2. The highest BCUT2D eigenvalue weighted by Crippen LogP contribution is 2.39. The third-order valence-corrected chi connectivity index (χ3v) is 5.08. The SMILES string of the molecule is CN1C(=O)C[C@H](C(=O)NCc2ccc(F)cc2)[C@@H]1c1cccs1. The standard InChI is InChI=1S/C17H17FN2O2S/c1-20-15(21)9-13(16(20)14-3-2-8-23-14)17(22)19-10-11-4-6-12(18)7-5-11/h2-8,13,16H,9-10H2,1H3,(H,19,22)/t13-,16+/m0/s1. The van der Waals surface area contributed by atoms with Crippen LogP contribution in [0, 0.1) is 11.7 Å². The minimum atomic E-state index is -0.397. The first-order valence-electron chi connectivity index (χ1n) is 7.37. The molecule has 1 aliphatic heterocycles. The lowest BCUT2D eigenvalue weighted by Gasteiger charge is -2.23. The number of hydrogen-bond acceptors (Lipinski definition) is 3. The zero-order chi connectivity index (χ0) is 16.4. The average molecular weight is 332 g/mol. The summed E-state index contributed by atoms with van der Waals surface area (Å²) < 4.78 is 12.9. The Balaban J connectivity index is 1.70. The number of nitrogens with one attached hydrogen (secondary N) is 1. The summed E-state index contributed by atoms with van der Waals surface area (Å²) in [6, 6.07) is 9.66. The molecule has 0 radical (unpaired) electrons. The van der Waals surface area contributed by atoms with Crippen LogP contribution in [0.25, 0.3) is 0 Å². The van der Waals surface area contributed by atoms with Crippen molar-refractivity contribution in [2.45, 2.75) is 19.0 Å². The topological polar surface area (TPSA) is 49.4 Å². The molecule has 120 valence electrons. The van der Waals surface area contributed by atoms with E-state index in [4.69, 9.17) is 0 Å². The van der Waals surface area contributed by atoms with Crippen molar-refractivity contribution < 1.29 is 14.0 Å². The summed E-state index contributed by atoms with van der Waals surface area (Å²) in [4.78, 5) is 27.2. The number of rotatable bonds is 4. The molecule has 0 aliphatic carbocycles. The van der Waals surface area contributed by atoms with E-state index in [0.717, 1.165) is 10.4 Å². The maximum Gasteiger partial charge on any atom is 0.226 e. The van der Waals surface area contributed by atoms with Gasteiger partial charge in [-0.05, 0) is 29.1 Å². The monoisotopic (exact) mass is 332 g/mol. The number of hydrogen-bond donors (Lipinski definition) is 1. The van der Waals surface area contributed by atoms with Crippen LogP contribution in [0.4, 0.5) is 4.39 Å². The van der Waals surface area contributed by atoms with Gasteiger partial charge in [0.05, 0.1) is 12.0 Å². The molecule has 6 heteroatoms. The van der Waals surface area contributed by atoms with E-state index >= 15 is 0 Å². The Kier molecular flexibility index (Phi) is 4.43. The zero-order valence-corrected chi connectivity index (χ0v) is 13.5. The summed E-state index contributed by atoms with van der Waals surface area (Å²) in [6.07, 6.45) is 0.217. The van der Waals surface area contributed by atoms with Crippen LogP contribution in [-0.4, -0.2) is 23.8 Å². The van der Waals surface area contributed by atoms with Crippen LogP contribution in [0.15, 0.2) is 41.8 Å². The highest BCUT2D eigenvalue weighted by atomic mass is 32.1. The molecule has 1 fully saturated rings. The molecule has 1 N–H and O–H groups in total. The van der Waals surface area contributed by atoms with Crippen LogP contribution < -0.4 is 5.32 Å². The van der Waals surface area contributed by atoms with Crippen molar-refractivity contribution in [3.63, 3.8) is 0 Å². The van der Waals surface area contributed by atoms with E-state index in [2.05, 4.69) is 5.32 Å². The summed E-state index contributed by atoms with van der Waals surface area (Å²) in [6.45, 7) is 0.324. The minimum absolute atomic E-state index is 0.0228. The first-order chi connectivity index (χ1) is 11.1. The number of nitrogens with zero attached hydrogens (tertiary/aromatic N) is 1. The lowest BCUT2D eigenvalue weighted by molar-refractivity contribution is -0.128. The van der Waals surface area contributed by atoms with Gasteiger partial charge in [-0.15, -0.1) is 11.3 Å². The van der Waals surface area contributed by atoms with Crippen LogP contribution in [0.1, 0.15) is 22.9 Å². The molecule has 0 unspecified atom stereocenters. The summed E-state index contributed by atoms with van der Waals surface area (Å²) in [5, 5.41) is 4.80. The van der Waals surface area contributed by atoms with E-state index in [1.807, 2.05) is 17.5 Å². The molecule has 2 aromatic rings. The summed E-state index contributed by atoms with van der Waals surface area (Å²) in [5.74, 6) is -0.872. The Morgan fingerprint density at radius 1 is 1.35 bits per heavy atom. The van der Waals surface area contributed by atoms with Gasteiger partial charge < -0.3 is 10.2 Å². The second-order valence-corrected chi connectivity index (χ2v) is 6.60. The van der Waals surface area contributed by atoms with Gasteiger partial charge in [0.25, 0.3) is 0 Å². The Hall–Kier alpha value is -2.21. The number of likely N-dealkylation sites (tertiary alicyclic amines) is 1. The molecule has 0 spiro atoms. The molecule has 1 aliphatic rings. The third kappa shape index (κ3) is 3.27. The maximum absolute atomic E-state index is 12.9. The molecular formula is C17H17FN2O2S. The number of halogens is 1. The molecule has 2 heterocycles. The van der Waals surface area contributed by atoms with Crippen molar-refractivity contribution in [2.24, 2.45) is 5.92 Å². The maximum atomic E-state index is 12.9. The van der Waals surface area contributed by atoms with Crippen LogP contribution in [0.2, 0.25) is 0 Å². The van der Waals surface area contributed by atoms with Crippen molar-refractivity contribution in [3.05, 3.63) is 58.0 Å². The molecule has 3 rings (SSSR count). The van der Waals surface area contributed by atoms with Crippen molar-refractivity contribution in [1.82, 2.24) is 10.2 Å². The number of amides is 2. The van der Waals surface area contributed by atoms with Crippen molar-refractivity contribution in [3.8, 4) is 0 Å². The van der Waals surface area contributed by atoms with Crippen LogP contribution >= 0.6 is 11.3 Å². The average Bonchev–Trinajstić information content (AvgIpc) is 3.15. The second-order valence-electron chi connectivity index (χ2n) is 5.62. The third-order valence-electron chi connectivity index (χ3n) is 4.14. The number of carbonyl (C=O) groups excluding carboxylic acids is 2. The van der Waals surface area contributed by atoms with Gasteiger partial charge >= 0.3 is 0 Å². The van der Waals surface area contributed by atoms with E-state index in [9.17, 15) is 14.0 Å². The molecule has 1 saturated heterocycles. The molecule has 2 amide bonds. The van der Waals surface area contributed by atoms with Gasteiger partial charge in [-0.3, -0.25) is 9.59 Å².